The summed E-state index contributed by atoms with van der Waals surface area (Å²) in [6, 6.07) is 14.3. The highest BCUT2D eigenvalue weighted by Gasteiger charge is 2.32. The third-order valence-electron chi connectivity index (χ3n) is 4.09. The van der Waals surface area contributed by atoms with Crippen molar-refractivity contribution in [2.45, 2.75) is 6.36 Å². The van der Waals surface area contributed by atoms with Crippen molar-refractivity contribution in [2.75, 3.05) is 14.9 Å². The first kappa shape index (κ1) is 24.4. The van der Waals surface area contributed by atoms with E-state index in [0.717, 1.165) is 10.4 Å². The Morgan fingerprint density at radius 2 is 1.58 bits per heavy atom. The third-order valence-corrected chi connectivity index (χ3v) is 5.12. The minimum atomic E-state index is -4.85. The molecular formula is C21H14BrF4N3O3S. The number of carbonyl (C=O) groups excluding carboxylic acids is 2. The van der Waals surface area contributed by atoms with Gasteiger partial charge >= 0.3 is 12.4 Å². The molecule has 0 unspecified atom stereocenters. The van der Waals surface area contributed by atoms with E-state index in [-0.39, 0.29) is 15.7 Å². The fraction of sp³-hybridized carbons (Fsp3) is 0.0476. The minimum absolute atomic E-state index is 0.0155. The smallest absolute Gasteiger partial charge is 0.405 e. The Labute approximate surface area is 199 Å². The van der Waals surface area contributed by atoms with Crippen molar-refractivity contribution in [3.8, 4) is 5.75 Å². The molecule has 12 heteroatoms. The Hall–Kier alpha value is -3.25. The first-order valence-electron chi connectivity index (χ1n) is 9.05. The van der Waals surface area contributed by atoms with Crippen LogP contribution in [0.1, 0.15) is 10.4 Å². The third kappa shape index (κ3) is 6.62. The summed E-state index contributed by atoms with van der Waals surface area (Å²) in [4.78, 5) is 24.6. The van der Waals surface area contributed by atoms with Crippen LogP contribution in [0.3, 0.4) is 0 Å². The van der Waals surface area contributed by atoms with Crippen LogP contribution < -0.4 is 19.7 Å². The first-order valence-corrected chi connectivity index (χ1v) is 10.2. The largest absolute Gasteiger partial charge is 0.573 e. The van der Waals surface area contributed by atoms with Crippen molar-refractivity contribution in [3.63, 3.8) is 0 Å². The van der Waals surface area contributed by atoms with Gasteiger partial charge in [-0.3, -0.25) is 4.79 Å². The van der Waals surface area contributed by atoms with Crippen LogP contribution in [0.15, 0.2) is 71.2 Å². The molecule has 0 radical (unpaired) electrons. The molecule has 0 spiro atoms. The number of urea groups is 1. The molecule has 0 atom stereocenters. The van der Waals surface area contributed by atoms with Gasteiger partial charge in [0.25, 0.3) is 5.91 Å². The number of hydrogen-bond donors (Lipinski definition) is 3. The van der Waals surface area contributed by atoms with Crippen molar-refractivity contribution in [1.29, 1.82) is 0 Å². The lowest BCUT2D eigenvalue weighted by Crippen LogP contribution is -2.26. The van der Waals surface area contributed by atoms with Crippen LogP contribution >= 0.6 is 28.7 Å². The number of thiol groups is 1. The number of anilines is 3. The molecule has 0 fully saturated rings. The normalized spacial score (nSPS) is 11.0. The maximum atomic E-state index is 13.7. The summed E-state index contributed by atoms with van der Waals surface area (Å²) in [7, 11) is 0. The maximum absolute atomic E-state index is 13.7. The molecule has 172 valence electrons. The molecule has 0 aliphatic rings. The van der Waals surface area contributed by atoms with E-state index in [2.05, 4.69) is 44.1 Å². The molecule has 0 aliphatic carbocycles. The van der Waals surface area contributed by atoms with Crippen LogP contribution in [0, 0.1) is 5.82 Å². The van der Waals surface area contributed by atoms with Crippen LogP contribution in [0.5, 0.6) is 5.75 Å². The molecule has 3 aromatic carbocycles. The molecule has 6 nitrogen and oxygen atoms in total. The molecule has 3 rings (SSSR count). The number of rotatable bonds is 5. The Balaban J connectivity index is 1.63. The number of hydrogen-bond acceptors (Lipinski definition) is 4. The van der Waals surface area contributed by atoms with Gasteiger partial charge in [-0.2, -0.15) is 0 Å². The van der Waals surface area contributed by atoms with Crippen LogP contribution in [0.2, 0.25) is 0 Å². The van der Waals surface area contributed by atoms with Crippen molar-refractivity contribution in [2.24, 2.45) is 0 Å². The fourth-order valence-electron chi connectivity index (χ4n) is 2.61. The average Bonchev–Trinajstić information content (AvgIpc) is 2.75. The molecule has 0 saturated carbocycles. The quantitative estimate of drug-likeness (QED) is 0.250. The average molecular weight is 544 g/mol. The molecule has 0 heterocycles. The topological polar surface area (TPSA) is 70.7 Å². The van der Waals surface area contributed by atoms with Gasteiger partial charge in [-0.05, 0) is 70.5 Å². The first-order chi connectivity index (χ1) is 15.5. The van der Waals surface area contributed by atoms with E-state index in [9.17, 15) is 27.2 Å². The van der Waals surface area contributed by atoms with Crippen molar-refractivity contribution >= 4 is 57.7 Å². The second-order valence-electron chi connectivity index (χ2n) is 6.42. The van der Waals surface area contributed by atoms with Gasteiger partial charge in [0, 0.05) is 11.4 Å². The summed E-state index contributed by atoms with van der Waals surface area (Å²) in [5.74, 6) is -1.75. The number of ether oxygens (including phenoxy) is 1. The SMILES string of the molecule is O=C(Nc1ccc(N(S)C(=O)Nc2ccc(OC(F)(F)F)c(Br)c2)cc1)c1ccccc1F. The van der Waals surface area contributed by atoms with Gasteiger partial charge in [-0.25, -0.2) is 13.5 Å². The highest BCUT2D eigenvalue weighted by Crippen LogP contribution is 2.32. The molecular weight excluding hydrogens is 530 g/mol. The van der Waals surface area contributed by atoms with E-state index in [1.165, 1.54) is 60.7 Å². The highest BCUT2D eigenvalue weighted by atomic mass is 79.9. The maximum Gasteiger partial charge on any atom is 0.573 e. The summed E-state index contributed by atoms with van der Waals surface area (Å²) in [6.07, 6.45) is -4.85. The Morgan fingerprint density at radius 1 is 0.939 bits per heavy atom. The molecule has 0 bridgehead atoms. The van der Waals surface area contributed by atoms with E-state index in [0.29, 0.717) is 11.4 Å². The van der Waals surface area contributed by atoms with Crippen LogP contribution in [0.25, 0.3) is 0 Å². The predicted molar refractivity (Wildman–Crippen MR) is 122 cm³/mol. The van der Waals surface area contributed by atoms with Gasteiger partial charge in [0.1, 0.15) is 11.6 Å². The zero-order valence-corrected chi connectivity index (χ0v) is 18.8. The molecule has 0 aromatic heterocycles. The molecule has 0 aliphatic heterocycles. The van der Waals surface area contributed by atoms with Crippen LogP contribution in [-0.4, -0.2) is 18.3 Å². The molecule has 2 N–H and O–H groups in total. The number of carbonyl (C=O) groups is 2. The lowest BCUT2D eigenvalue weighted by Gasteiger charge is -2.18. The van der Waals surface area contributed by atoms with Crippen molar-refractivity contribution in [1.82, 2.24) is 0 Å². The Bertz CT molecular complexity index is 1180. The summed E-state index contributed by atoms with van der Waals surface area (Å²) in [5, 5.41) is 5.02. The lowest BCUT2D eigenvalue weighted by molar-refractivity contribution is -0.274. The zero-order chi connectivity index (χ0) is 24.2. The molecule has 3 aromatic rings. The van der Waals surface area contributed by atoms with E-state index in [1.807, 2.05) is 0 Å². The number of alkyl halides is 3. The highest BCUT2D eigenvalue weighted by molar-refractivity contribution is 9.10. The summed E-state index contributed by atoms with van der Waals surface area (Å²) in [5.41, 5.74) is 0.762. The second-order valence-corrected chi connectivity index (χ2v) is 7.67. The summed E-state index contributed by atoms with van der Waals surface area (Å²) in [6.45, 7) is 0. The monoisotopic (exact) mass is 543 g/mol. The summed E-state index contributed by atoms with van der Waals surface area (Å²) < 4.78 is 55.6. The molecule has 0 saturated heterocycles. The van der Waals surface area contributed by atoms with Gasteiger partial charge in [0.05, 0.1) is 15.7 Å². The van der Waals surface area contributed by atoms with Gasteiger partial charge in [-0.15, -0.1) is 13.2 Å². The second kappa shape index (κ2) is 10.1. The van der Waals surface area contributed by atoms with Gasteiger partial charge < -0.3 is 15.4 Å². The number of nitrogens with one attached hydrogen (secondary N) is 2. The standard InChI is InChI=1S/C21H14BrF4N3O3S/c22-16-11-13(7-10-18(16)32-21(24,25)26)28-20(31)29(33)14-8-5-12(6-9-14)27-19(30)15-3-1-2-4-17(15)23/h1-11,33H,(H,27,30)(H,28,31). The fourth-order valence-corrected chi connectivity index (χ4v) is 3.25. The molecule has 3 amide bonds. The van der Waals surface area contributed by atoms with Gasteiger partial charge in [0.2, 0.25) is 0 Å². The number of amides is 3. The predicted octanol–water partition coefficient (Wildman–Crippen LogP) is 6.62. The lowest BCUT2D eigenvalue weighted by atomic mass is 10.2. The van der Waals surface area contributed by atoms with Gasteiger partial charge in [0.15, 0.2) is 0 Å². The van der Waals surface area contributed by atoms with Gasteiger partial charge in [-0.1, -0.05) is 24.9 Å². The minimum Gasteiger partial charge on any atom is -0.405 e. The Kier molecular flexibility index (Phi) is 7.49. The van der Waals surface area contributed by atoms with E-state index < -0.39 is 29.9 Å². The van der Waals surface area contributed by atoms with Crippen molar-refractivity contribution < 1.29 is 31.9 Å². The summed E-state index contributed by atoms with van der Waals surface area (Å²) >= 11 is 7.07. The zero-order valence-electron chi connectivity index (χ0n) is 16.4. The van der Waals surface area contributed by atoms with E-state index >= 15 is 0 Å². The number of benzene rings is 3. The molecule has 33 heavy (non-hydrogen) atoms. The number of halogens is 5. The van der Waals surface area contributed by atoms with Crippen molar-refractivity contribution in [3.05, 3.63) is 82.6 Å². The van der Waals surface area contributed by atoms with E-state index in [4.69, 9.17) is 0 Å². The van der Waals surface area contributed by atoms with Crippen LogP contribution in [-0.2, 0) is 0 Å². The van der Waals surface area contributed by atoms with E-state index in [1.54, 1.807) is 0 Å². The number of nitrogens with zero attached hydrogens (tertiary/aromatic N) is 1. The van der Waals surface area contributed by atoms with Crippen LogP contribution in [0.4, 0.5) is 39.4 Å². The Morgan fingerprint density at radius 3 is 2.18 bits per heavy atom.